The Morgan fingerprint density at radius 3 is 2.53 bits per heavy atom. The third-order valence-electron chi connectivity index (χ3n) is 2.20. The molecule has 0 aliphatic carbocycles. The first-order chi connectivity index (χ1) is 6.93. The lowest BCUT2D eigenvalue weighted by atomic mass is 10.3. The highest BCUT2D eigenvalue weighted by atomic mass is 16.6. The molecule has 1 heterocycles. The van der Waals surface area contributed by atoms with Gasteiger partial charge in [0.05, 0.1) is 4.92 Å². The van der Waals surface area contributed by atoms with E-state index in [2.05, 4.69) is 5.10 Å². The molecule has 6 nitrogen and oxygen atoms in total. The molecule has 1 aromatic rings. The van der Waals surface area contributed by atoms with Gasteiger partial charge in [0.15, 0.2) is 0 Å². The first kappa shape index (κ1) is 11.4. The third kappa shape index (κ3) is 2.39. The summed E-state index contributed by atoms with van der Waals surface area (Å²) in [6, 6.07) is 0. The molecule has 0 aliphatic heterocycles. The van der Waals surface area contributed by atoms with Gasteiger partial charge in [-0.2, -0.15) is 5.10 Å². The molecule has 0 spiro atoms. The molecule has 0 saturated heterocycles. The summed E-state index contributed by atoms with van der Waals surface area (Å²) in [4.78, 5) is 21.0. The number of hydrogen-bond donors (Lipinski definition) is 0. The van der Waals surface area contributed by atoms with Crippen molar-refractivity contribution in [3.63, 3.8) is 0 Å². The number of aryl methyl sites for hydroxylation is 2. The summed E-state index contributed by atoms with van der Waals surface area (Å²) in [5.74, 6) is 0.0465. The largest absolute Gasteiger partial charge is 0.312 e. The average molecular weight is 211 g/mol. The smallest absolute Gasteiger partial charge is 0.300 e. The van der Waals surface area contributed by atoms with Crippen LogP contribution >= 0.6 is 0 Å². The fraction of sp³-hybridized carbons (Fsp3) is 0.556. The minimum absolute atomic E-state index is 0.0403. The second-order valence-corrected chi connectivity index (χ2v) is 3.45. The second kappa shape index (κ2) is 4.20. The van der Waals surface area contributed by atoms with Crippen molar-refractivity contribution < 1.29 is 9.72 Å². The highest BCUT2D eigenvalue weighted by Crippen LogP contribution is 2.21. The van der Waals surface area contributed by atoms with Crippen LogP contribution in [0.4, 0.5) is 5.69 Å². The van der Waals surface area contributed by atoms with E-state index in [0.717, 1.165) is 0 Å². The Bertz CT molecular complexity index is 409. The number of aromatic nitrogens is 2. The first-order valence-corrected chi connectivity index (χ1v) is 4.61. The van der Waals surface area contributed by atoms with Gasteiger partial charge >= 0.3 is 5.69 Å². The molecule has 0 unspecified atom stereocenters. The maximum Gasteiger partial charge on any atom is 0.312 e. The van der Waals surface area contributed by atoms with Crippen LogP contribution in [0, 0.1) is 24.0 Å². The molecule has 6 heteroatoms. The zero-order valence-electron chi connectivity index (χ0n) is 8.98. The topological polar surface area (TPSA) is 78.0 Å². The van der Waals surface area contributed by atoms with E-state index in [-0.39, 0.29) is 11.5 Å². The quantitative estimate of drug-likeness (QED) is 0.556. The Morgan fingerprint density at radius 1 is 1.53 bits per heavy atom. The zero-order valence-corrected chi connectivity index (χ0v) is 8.98. The Labute approximate surface area is 87.0 Å². The van der Waals surface area contributed by atoms with E-state index < -0.39 is 4.92 Å². The Balaban J connectivity index is 2.96. The van der Waals surface area contributed by atoms with Crippen molar-refractivity contribution in [1.29, 1.82) is 0 Å². The van der Waals surface area contributed by atoms with Gasteiger partial charge in [0.1, 0.15) is 17.2 Å². The van der Waals surface area contributed by atoms with Crippen LogP contribution in [0.2, 0.25) is 0 Å². The fourth-order valence-electron chi connectivity index (χ4n) is 1.43. The molecule has 0 bridgehead atoms. The van der Waals surface area contributed by atoms with Crippen LogP contribution in [-0.4, -0.2) is 20.5 Å². The van der Waals surface area contributed by atoms with Crippen molar-refractivity contribution in [2.45, 2.75) is 33.7 Å². The molecule has 0 aromatic carbocycles. The molecule has 1 aromatic heterocycles. The molecular weight excluding hydrogens is 198 g/mol. The Hall–Kier alpha value is -1.72. The number of nitrogens with zero attached hydrogens (tertiary/aromatic N) is 3. The van der Waals surface area contributed by atoms with Crippen molar-refractivity contribution in [2.24, 2.45) is 0 Å². The number of ketones is 1. The van der Waals surface area contributed by atoms with Gasteiger partial charge in [0.2, 0.25) is 0 Å². The zero-order chi connectivity index (χ0) is 11.6. The lowest BCUT2D eigenvalue weighted by Gasteiger charge is -2.00. The average Bonchev–Trinajstić information content (AvgIpc) is 2.37. The number of rotatable bonds is 4. The predicted octanol–water partition coefficient (Wildman–Crippen LogP) is 1.39. The summed E-state index contributed by atoms with van der Waals surface area (Å²) >= 11 is 0. The van der Waals surface area contributed by atoms with Gasteiger partial charge in [0, 0.05) is 13.0 Å². The molecule has 0 radical (unpaired) electrons. The highest BCUT2D eigenvalue weighted by Gasteiger charge is 2.21. The molecule has 0 saturated carbocycles. The van der Waals surface area contributed by atoms with E-state index in [4.69, 9.17) is 0 Å². The summed E-state index contributed by atoms with van der Waals surface area (Å²) in [5, 5.41) is 14.7. The number of nitro groups is 1. The van der Waals surface area contributed by atoms with E-state index in [9.17, 15) is 14.9 Å². The molecule has 1 rings (SSSR count). The summed E-state index contributed by atoms with van der Waals surface area (Å²) in [5.41, 5.74) is 0.929. The van der Waals surface area contributed by atoms with Gasteiger partial charge in [-0.3, -0.25) is 19.6 Å². The van der Waals surface area contributed by atoms with Crippen molar-refractivity contribution in [3.05, 3.63) is 21.5 Å². The van der Waals surface area contributed by atoms with Crippen LogP contribution in [0.1, 0.15) is 24.7 Å². The van der Waals surface area contributed by atoms with Gasteiger partial charge < -0.3 is 0 Å². The van der Waals surface area contributed by atoms with Crippen molar-refractivity contribution in [3.8, 4) is 0 Å². The fourth-order valence-corrected chi connectivity index (χ4v) is 1.43. The van der Waals surface area contributed by atoms with Gasteiger partial charge in [-0.25, -0.2) is 0 Å². The summed E-state index contributed by atoms with van der Waals surface area (Å²) in [7, 11) is 0. The van der Waals surface area contributed by atoms with Crippen LogP contribution in [0.3, 0.4) is 0 Å². The Kier molecular flexibility index (Phi) is 3.18. The molecule has 82 valence electrons. The van der Waals surface area contributed by atoms with E-state index in [1.54, 1.807) is 13.8 Å². The van der Waals surface area contributed by atoms with E-state index in [1.807, 2.05) is 0 Å². The normalized spacial score (nSPS) is 10.3. The van der Waals surface area contributed by atoms with Crippen LogP contribution in [0.25, 0.3) is 0 Å². The summed E-state index contributed by atoms with van der Waals surface area (Å²) < 4.78 is 1.51. The van der Waals surface area contributed by atoms with Gasteiger partial charge in [-0.1, -0.05) is 0 Å². The van der Waals surface area contributed by atoms with E-state index in [1.165, 1.54) is 11.6 Å². The number of hydrogen-bond acceptors (Lipinski definition) is 4. The van der Waals surface area contributed by atoms with Crippen LogP contribution in [0.15, 0.2) is 0 Å². The lowest BCUT2D eigenvalue weighted by molar-refractivity contribution is -0.386. The minimum atomic E-state index is -0.443. The van der Waals surface area contributed by atoms with E-state index >= 15 is 0 Å². The molecule has 0 aliphatic rings. The number of Topliss-reactive ketones (excluding diaryl/α,β-unsaturated/α-hetero) is 1. The number of carbonyl (C=O) groups is 1. The summed E-state index contributed by atoms with van der Waals surface area (Å²) in [6.07, 6.45) is 0.346. The molecule has 15 heavy (non-hydrogen) atoms. The molecular formula is C9H13N3O3. The van der Waals surface area contributed by atoms with E-state index in [0.29, 0.717) is 24.4 Å². The molecule has 0 amide bonds. The van der Waals surface area contributed by atoms with Crippen molar-refractivity contribution in [1.82, 2.24) is 9.78 Å². The molecule has 0 fully saturated rings. The third-order valence-corrected chi connectivity index (χ3v) is 2.20. The molecule has 0 atom stereocenters. The predicted molar refractivity (Wildman–Crippen MR) is 53.7 cm³/mol. The van der Waals surface area contributed by atoms with Gasteiger partial charge in [0.25, 0.3) is 0 Å². The van der Waals surface area contributed by atoms with Crippen LogP contribution in [-0.2, 0) is 11.3 Å². The SMILES string of the molecule is CC(=O)CCn1nc(C)c([N+](=O)[O-])c1C. The Morgan fingerprint density at radius 2 is 2.13 bits per heavy atom. The standard InChI is InChI=1S/C9H13N3O3/c1-6(13)4-5-11-8(3)9(12(14)15)7(2)10-11/h4-5H2,1-3H3. The second-order valence-electron chi connectivity index (χ2n) is 3.45. The van der Waals surface area contributed by atoms with Crippen molar-refractivity contribution in [2.75, 3.05) is 0 Å². The lowest BCUT2D eigenvalue weighted by Crippen LogP contribution is -2.06. The summed E-state index contributed by atoms with van der Waals surface area (Å²) in [6.45, 7) is 5.11. The maximum absolute atomic E-state index is 10.8. The number of carbonyl (C=O) groups excluding carboxylic acids is 1. The van der Waals surface area contributed by atoms with Crippen LogP contribution < -0.4 is 0 Å². The monoisotopic (exact) mass is 211 g/mol. The first-order valence-electron chi connectivity index (χ1n) is 4.61. The minimum Gasteiger partial charge on any atom is -0.300 e. The van der Waals surface area contributed by atoms with Gasteiger partial charge in [-0.05, 0) is 20.8 Å². The van der Waals surface area contributed by atoms with Crippen molar-refractivity contribution >= 4 is 11.5 Å². The van der Waals surface area contributed by atoms with Crippen LogP contribution in [0.5, 0.6) is 0 Å². The van der Waals surface area contributed by atoms with Gasteiger partial charge in [-0.15, -0.1) is 0 Å². The molecule has 0 N–H and O–H groups in total. The maximum atomic E-state index is 10.8. The highest BCUT2D eigenvalue weighted by molar-refractivity contribution is 5.75.